The molecule has 0 aliphatic heterocycles. The first-order valence-electron chi connectivity index (χ1n) is 6.24. The molecule has 0 bridgehead atoms. The number of hydrogen-bond donors (Lipinski definition) is 2. The lowest BCUT2D eigenvalue weighted by Crippen LogP contribution is -2.12. The molecule has 2 rings (SSSR count). The van der Waals surface area contributed by atoms with Crippen LogP contribution in [0.5, 0.6) is 0 Å². The average molecular weight is 291 g/mol. The molecule has 1 heterocycles. The number of halogens is 1. The molecular formula is C13H14FN5O2. The maximum Gasteiger partial charge on any atom is 0.332 e. The van der Waals surface area contributed by atoms with E-state index in [0.29, 0.717) is 13.0 Å². The first kappa shape index (κ1) is 14.6. The van der Waals surface area contributed by atoms with Gasteiger partial charge < -0.3 is 11.1 Å². The summed E-state index contributed by atoms with van der Waals surface area (Å²) in [4.78, 5) is 18.1. The summed E-state index contributed by atoms with van der Waals surface area (Å²) in [6, 6.07) is 6.05. The summed E-state index contributed by atoms with van der Waals surface area (Å²) >= 11 is 0. The number of nitrogens with one attached hydrogen (secondary N) is 1. The largest absolute Gasteiger partial charge is 0.368 e. The Hall–Kier alpha value is -2.77. The number of anilines is 2. The molecule has 0 saturated carbocycles. The highest BCUT2D eigenvalue weighted by Gasteiger charge is 2.20. The Kier molecular flexibility index (Phi) is 4.27. The predicted octanol–water partition coefficient (Wildman–Crippen LogP) is 2.07. The molecule has 0 fully saturated rings. The van der Waals surface area contributed by atoms with E-state index >= 15 is 0 Å². The number of nitrogen functional groups attached to an aromatic ring is 1. The van der Waals surface area contributed by atoms with E-state index in [1.807, 2.05) is 0 Å². The Morgan fingerprint density at radius 1 is 1.33 bits per heavy atom. The predicted molar refractivity (Wildman–Crippen MR) is 76.4 cm³/mol. The molecule has 8 heteroatoms. The van der Waals surface area contributed by atoms with Crippen molar-refractivity contribution < 1.29 is 9.31 Å². The molecule has 7 nitrogen and oxygen atoms in total. The zero-order chi connectivity index (χ0) is 15.4. The van der Waals surface area contributed by atoms with Gasteiger partial charge in [-0.2, -0.15) is 4.98 Å². The van der Waals surface area contributed by atoms with Gasteiger partial charge in [-0.25, -0.2) is 9.37 Å². The lowest BCUT2D eigenvalue weighted by molar-refractivity contribution is -0.385. The minimum atomic E-state index is -0.547. The van der Waals surface area contributed by atoms with Crippen LogP contribution in [0.3, 0.4) is 0 Å². The number of nitrogens with zero attached hydrogens (tertiary/aromatic N) is 3. The van der Waals surface area contributed by atoms with E-state index in [9.17, 15) is 14.5 Å². The van der Waals surface area contributed by atoms with Crippen molar-refractivity contribution in [2.45, 2.75) is 13.3 Å². The Morgan fingerprint density at radius 3 is 2.62 bits per heavy atom. The second kappa shape index (κ2) is 6.12. The van der Waals surface area contributed by atoms with Crippen molar-refractivity contribution in [3.8, 4) is 0 Å². The average Bonchev–Trinajstić information content (AvgIpc) is 2.39. The number of rotatable bonds is 5. The zero-order valence-corrected chi connectivity index (χ0v) is 11.3. The third kappa shape index (κ3) is 3.62. The molecule has 0 atom stereocenters. The molecule has 2 aromatic rings. The van der Waals surface area contributed by atoms with Gasteiger partial charge in [0.05, 0.1) is 4.92 Å². The van der Waals surface area contributed by atoms with Crippen LogP contribution in [0.4, 0.5) is 21.8 Å². The van der Waals surface area contributed by atoms with Crippen LogP contribution in [0.25, 0.3) is 0 Å². The summed E-state index contributed by atoms with van der Waals surface area (Å²) in [5.74, 6) is -0.240. The Labute approximate surface area is 120 Å². The number of aryl methyl sites for hydroxylation is 1. The van der Waals surface area contributed by atoms with Gasteiger partial charge in [-0.3, -0.25) is 10.1 Å². The van der Waals surface area contributed by atoms with Crippen LogP contribution >= 0.6 is 0 Å². The normalized spacial score (nSPS) is 10.4. The van der Waals surface area contributed by atoms with E-state index in [4.69, 9.17) is 5.73 Å². The van der Waals surface area contributed by atoms with Crippen LogP contribution in [0.1, 0.15) is 11.3 Å². The van der Waals surface area contributed by atoms with Gasteiger partial charge >= 0.3 is 5.69 Å². The molecule has 0 spiro atoms. The number of hydrogen-bond acceptors (Lipinski definition) is 6. The maximum atomic E-state index is 12.8. The molecule has 1 aromatic heterocycles. The van der Waals surface area contributed by atoms with Gasteiger partial charge in [0.2, 0.25) is 11.8 Å². The van der Waals surface area contributed by atoms with Crippen molar-refractivity contribution >= 4 is 17.5 Å². The van der Waals surface area contributed by atoms with Crippen LogP contribution in [0, 0.1) is 22.9 Å². The van der Waals surface area contributed by atoms with Crippen molar-refractivity contribution in [3.63, 3.8) is 0 Å². The third-order valence-corrected chi connectivity index (χ3v) is 2.88. The van der Waals surface area contributed by atoms with Crippen LogP contribution in [0.15, 0.2) is 24.3 Å². The Balaban J connectivity index is 2.09. The summed E-state index contributed by atoms with van der Waals surface area (Å²) in [7, 11) is 0. The van der Waals surface area contributed by atoms with Crippen LogP contribution < -0.4 is 11.1 Å². The Morgan fingerprint density at radius 2 is 2.00 bits per heavy atom. The second-order valence-corrected chi connectivity index (χ2v) is 4.42. The highest BCUT2D eigenvalue weighted by molar-refractivity contribution is 5.60. The zero-order valence-electron chi connectivity index (χ0n) is 11.3. The summed E-state index contributed by atoms with van der Waals surface area (Å²) in [5.41, 5.74) is 6.42. The number of benzene rings is 1. The van der Waals surface area contributed by atoms with Crippen LogP contribution in [0.2, 0.25) is 0 Å². The van der Waals surface area contributed by atoms with E-state index < -0.39 is 4.92 Å². The minimum absolute atomic E-state index is 0.0256. The van der Waals surface area contributed by atoms with E-state index in [-0.39, 0.29) is 29.0 Å². The van der Waals surface area contributed by atoms with Gasteiger partial charge in [0, 0.05) is 6.54 Å². The molecule has 1 aromatic carbocycles. The van der Waals surface area contributed by atoms with Crippen LogP contribution in [-0.2, 0) is 6.42 Å². The van der Waals surface area contributed by atoms with Gasteiger partial charge in [-0.05, 0) is 31.0 Å². The fraction of sp³-hybridized carbons (Fsp3) is 0.231. The van der Waals surface area contributed by atoms with E-state index in [1.165, 1.54) is 19.1 Å². The van der Waals surface area contributed by atoms with E-state index in [0.717, 1.165) is 5.56 Å². The summed E-state index contributed by atoms with van der Waals surface area (Å²) < 4.78 is 12.8. The molecule has 3 N–H and O–H groups in total. The highest BCUT2D eigenvalue weighted by Crippen LogP contribution is 2.25. The van der Waals surface area contributed by atoms with Gasteiger partial charge in [-0.1, -0.05) is 12.1 Å². The first-order chi connectivity index (χ1) is 9.97. The lowest BCUT2D eigenvalue weighted by Gasteiger charge is -2.08. The first-order valence-corrected chi connectivity index (χ1v) is 6.24. The second-order valence-electron chi connectivity index (χ2n) is 4.42. The summed E-state index contributed by atoms with van der Waals surface area (Å²) in [6.45, 7) is 1.91. The smallest absolute Gasteiger partial charge is 0.332 e. The summed E-state index contributed by atoms with van der Waals surface area (Å²) in [6.07, 6.45) is 0.570. The SMILES string of the molecule is Cc1nc(N)nc(NCCc2ccc(F)cc2)c1[N+](=O)[O-]. The highest BCUT2D eigenvalue weighted by atomic mass is 19.1. The molecule has 0 saturated heterocycles. The van der Waals surface area contributed by atoms with Crippen molar-refractivity contribution in [3.05, 3.63) is 51.5 Å². The molecule has 21 heavy (non-hydrogen) atoms. The van der Waals surface area contributed by atoms with Gasteiger partial charge in [0.15, 0.2) is 0 Å². The molecule has 0 amide bonds. The molecule has 0 radical (unpaired) electrons. The maximum absolute atomic E-state index is 12.8. The monoisotopic (exact) mass is 291 g/mol. The Bertz CT molecular complexity index is 660. The van der Waals surface area contributed by atoms with Crippen molar-refractivity contribution in [1.29, 1.82) is 0 Å². The van der Waals surface area contributed by atoms with Gasteiger partial charge in [-0.15, -0.1) is 0 Å². The van der Waals surface area contributed by atoms with Crippen molar-refractivity contribution in [1.82, 2.24) is 9.97 Å². The standard InChI is InChI=1S/C13H14FN5O2/c1-8-11(19(20)21)12(18-13(15)17-8)16-7-6-9-2-4-10(14)5-3-9/h2-5H,6-7H2,1H3,(H3,15,16,17,18). The van der Waals surface area contributed by atoms with Gasteiger partial charge in [0.25, 0.3) is 0 Å². The molecular weight excluding hydrogens is 277 g/mol. The van der Waals surface area contributed by atoms with E-state index in [1.54, 1.807) is 12.1 Å². The van der Waals surface area contributed by atoms with Crippen molar-refractivity contribution in [2.75, 3.05) is 17.6 Å². The molecule has 0 aliphatic rings. The fourth-order valence-electron chi connectivity index (χ4n) is 1.91. The quantitative estimate of drug-likeness (QED) is 0.645. The fourth-order valence-corrected chi connectivity index (χ4v) is 1.91. The number of nitrogens with two attached hydrogens (primary N) is 1. The third-order valence-electron chi connectivity index (χ3n) is 2.88. The van der Waals surface area contributed by atoms with E-state index in [2.05, 4.69) is 15.3 Å². The molecule has 110 valence electrons. The van der Waals surface area contributed by atoms with Crippen LogP contribution in [-0.4, -0.2) is 21.4 Å². The topological polar surface area (TPSA) is 107 Å². The van der Waals surface area contributed by atoms with Crippen molar-refractivity contribution in [2.24, 2.45) is 0 Å². The van der Waals surface area contributed by atoms with Gasteiger partial charge in [0.1, 0.15) is 11.5 Å². The molecule has 0 aliphatic carbocycles. The number of nitro groups is 1. The summed E-state index contributed by atoms with van der Waals surface area (Å²) in [5, 5.41) is 13.9. The lowest BCUT2D eigenvalue weighted by atomic mass is 10.1. The minimum Gasteiger partial charge on any atom is -0.368 e. The molecule has 0 unspecified atom stereocenters. The number of aromatic nitrogens is 2.